The van der Waals surface area contributed by atoms with E-state index in [2.05, 4.69) is 58.4 Å². The molecule has 2 radical (unpaired) electrons. The van der Waals surface area contributed by atoms with Crippen molar-refractivity contribution in [2.75, 3.05) is 0 Å². The molecule has 0 spiro atoms. The molecule has 0 N–H and O–H groups in total. The molecular weight excluding hydrogens is 184 g/mol. The first kappa shape index (κ1) is 7.89. The first-order chi connectivity index (χ1) is 6.86. The second-order valence-electron chi connectivity index (χ2n) is 3.50. The topological polar surface area (TPSA) is 0 Å². The average molecular weight is 192 g/mol. The zero-order chi connectivity index (χ0) is 9.54. The summed E-state index contributed by atoms with van der Waals surface area (Å²) in [6, 6.07) is 17.1. The van der Waals surface area contributed by atoms with Crippen molar-refractivity contribution >= 4 is 31.4 Å². The summed E-state index contributed by atoms with van der Waals surface area (Å²) in [7, 11) is 3.63. The van der Waals surface area contributed by atoms with Gasteiger partial charge < -0.3 is 0 Å². The van der Waals surface area contributed by atoms with Crippen LogP contribution in [0.2, 0.25) is 0 Å². The molecule has 0 saturated carbocycles. The lowest BCUT2D eigenvalue weighted by molar-refractivity contribution is 1.74. The van der Waals surface area contributed by atoms with E-state index < -0.39 is 0 Å². The van der Waals surface area contributed by atoms with E-state index in [4.69, 9.17) is 0 Å². The maximum absolute atomic E-state index is 3.63. The van der Waals surface area contributed by atoms with Gasteiger partial charge in [0, 0.05) is 9.85 Å². The Morgan fingerprint density at radius 2 is 1.36 bits per heavy atom. The van der Waals surface area contributed by atoms with Gasteiger partial charge >= 0.3 is 0 Å². The highest BCUT2D eigenvalue weighted by Crippen LogP contribution is 2.26. The lowest BCUT2D eigenvalue weighted by Crippen LogP contribution is -1.80. The normalized spacial score (nSPS) is 11.1. The first-order valence-electron chi connectivity index (χ1n) is 4.65. The molecule has 0 fully saturated rings. The molecule has 0 unspecified atom stereocenters. The quantitative estimate of drug-likeness (QED) is 0.480. The Kier molecular flexibility index (Phi) is 1.55. The summed E-state index contributed by atoms with van der Waals surface area (Å²) in [5.41, 5.74) is 0. The minimum atomic E-state index is 1.16. The molecule has 1 heteroatoms. The van der Waals surface area contributed by atoms with Gasteiger partial charge in [-0.25, -0.2) is 0 Å². The van der Waals surface area contributed by atoms with E-state index in [0.717, 1.165) is 4.81 Å². The number of hydrogen-bond acceptors (Lipinski definition) is 0. The van der Waals surface area contributed by atoms with Crippen LogP contribution < -0.4 is 0 Å². The second kappa shape index (κ2) is 2.76. The molecule has 0 heterocycles. The monoisotopic (exact) mass is 192 g/mol. The average Bonchev–Trinajstić information content (AvgIpc) is 2.24. The van der Waals surface area contributed by atoms with Gasteiger partial charge in [-0.2, -0.15) is 0 Å². The van der Waals surface area contributed by atoms with Crippen molar-refractivity contribution in [2.45, 2.75) is 0 Å². The lowest BCUT2D eigenvalue weighted by atomic mass is 10.0. The Labute approximate surface area is 85.2 Å². The van der Waals surface area contributed by atoms with Crippen molar-refractivity contribution in [2.24, 2.45) is 0 Å². The SMILES string of the molecule is [Si]=c1ccc2cccc3cccc1c32. The van der Waals surface area contributed by atoms with Gasteiger partial charge in [0.1, 0.15) is 0 Å². The van der Waals surface area contributed by atoms with Crippen LogP contribution in [0.5, 0.6) is 0 Å². The summed E-state index contributed by atoms with van der Waals surface area (Å²) >= 11 is 0. The van der Waals surface area contributed by atoms with Crippen LogP contribution in [0, 0.1) is 4.81 Å². The molecule has 3 aromatic carbocycles. The minimum absolute atomic E-state index is 1.16. The van der Waals surface area contributed by atoms with Crippen LogP contribution in [-0.4, -0.2) is 9.85 Å². The maximum Gasteiger partial charge on any atom is 0.0411 e. The molecule has 3 rings (SSSR count). The third kappa shape index (κ3) is 0.961. The standard InChI is InChI=1S/C13H8Si/c14-12-8-7-10-4-1-3-9-5-2-6-11(12)13(9)10/h1-8H. The lowest BCUT2D eigenvalue weighted by Gasteiger charge is -2.04. The summed E-state index contributed by atoms with van der Waals surface area (Å²) in [5, 5.41) is 5.25. The fraction of sp³-hybridized carbons (Fsp3) is 0. The smallest absolute Gasteiger partial charge is 0.0411 e. The van der Waals surface area contributed by atoms with Crippen molar-refractivity contribution < 1.29 is 0 Å². The molecule has 0 saturated heterocycles. The number of rotatable bonds is 0. The van der Waals surface area contributed by atoms with Crippen LogP contribution in [0.1, 0.15) is 0 Å². The largest absolute Gasteiger partial charge is 0.0610 e. The predicted molar refractivity (Wildman–Crippen MR) is 61.6 cm³/mol. The zero-order valence-corrected chi connectivity index (χ0v) is 8.62. The minimum Gasteiger partial charge on any atom is -0.0610 e. The molecule has 0 amide bonds. The van der Waals surface area contributed by atoms with E-state index in [1.54, 1.807) is 0 Å². The summed E-state index contributed by atoms with van der Waals surface area (Å²) in [4.78, 5) is 1.16. The first-order valence-corrected chi connectivity index (χ1v) is 5.15. The molecule has 0 nitrogen and oxygen atoms in total. The summed E-state index contributed by atoms with van der Waals surface area (Å²) in [6.07, 6.45) is 0. The fourth-order valence-corrected chi connectivity index (χ4v) is 2.29. The van der Waals surface area contributed by atoms with Gasteiger partial charge in [0.25, 0.3) is 0 Å². The molecule has 14 heavy (non-hydrogen) atoms. The van der Waals surface area contributed by atoms with Gasteiger partial charge in [0.15, 0.2) is 0 Å². The van der Waals surface area contributed by atoms with Gasteiger partial charge in [-0.15, -0.1) is 0 Å². The molecule has 64 valence electrons. The Hall–Kier alpha value is -1.47. The van der Waals surface area contributed by atoms with E-state index in [-0.39, 0.29) is 0 Å². The molecule has 0 aromatic heterocycles. The molecule has 0 aliphatic heterocycles. The van der Waals surface area contributed by atoms with Crippen LogP contribution >= 0.6 is 0 Å². The summed E-state index contributed by atoms with van der Waals surface area (Å²) in [6.45, 7) is 0. The van der Waals surface area contributed by atoms with Gasteiger partial charge in [-0.05, 0) is 26.4 Å². The van der Waals surface area contributed by atoms with Crippen molar-refractivity contribution in [3.8, 4) is 0 Å². The molecular formula is C13H8Si. The van der Waals surface area contributed by atoms with E-state index >= 15 is 0 Å². The second-order valence-corrected chi connectivity index (χ2v) is 4.04. The highest BCUT2D eigenvalue weighted by molar-refractivity contribution is 6.15. The predicted octanol–water partition coefficient (Wildman–Crippen LogP) is 3.13. The van der Waals surface area contributed by atoms with E-state index in [1.807, 2.05) is 0 Å². The molecule has 0 atom stereocenters. The van der Waals surface area contributed by atoms with E-state index in [0.29, 0.717) is 0 Å². The molecule has 0 aliphatic rings. The number of benzene rings is 3. The Morgan fingerprint density at radius 3 is 2.14 bits per heavy atom. The maximum atomic E-state index is 3.63. The van der Waals surface area contributed by atoms with Crippen molar-refractivity contribution in [3.05, 3.63) is 53.3 Å². The van der Waals surface area contributed by atoms with E-state index in [9.17, 15) is 0 Å². The molecule has 0 aliphatic carbocycles. The van der Waals surface area contributed by atoms with Crippen LogP contribution in [-0.2, 0) is 0 Å². The van der Waals surface area contributed by atoms with Crippen molar-refractivity contribution in [3.63, 3.8) is 0 Å². The Morgan fingerprint density at radius 1 is 0.714 bits per heavy atom. The van der Waals surface area contributed by atoms with Gasteiger partial charge in [-0.1, -0.05) is 48.5 Å². The van der Waals surface area contributed by atoms with Crippen LogP contribution in [0.15, 0.2) is 48.5 Å². The van der Waals surface area contributed by atoms with Crippen molar-refractivity contribution in [1.29, 1.82) is 0 Å². The van der Waals surface area contributed by atoms with Crippen LogP contribution in [0.25, 0.3) is 21.5 Å². The third-order valence-corrected chi connectivity index (χ3v) is 3.09. The van der Waals surface area contributed by atoms with Crippen molar-refractivity contribution in [1.82, 2.24) is 0 Å². The zero-order valence-electron chi connectivity index (χ0n) is 7.62. The van der Waals surface area contributed by atoms with Gasteiger partial charge in [-0.3, -0.25) is 0 Å². The van der Waals surface area contributed by atoms with Crippen LogP contribution in [0.3, 0.4) is 0 Å². The molecule has 3 aromatic rings. The number of hydrogen-bond donors (Lipinski definition) is 0. The van der Waals surface area contributed by atoms with Crippen LogP contribution in [0.4, 0.5) is 0 Å². The third-order valence-electron chi connectivity index (χ3n) is 2.66. The Balaban J connectivity index is 2.79. The summed E-state index contributed by atoms with van der Waals surface area (Å²) in [5.74, 6) is 0. The molecule has 0 bridgehead atoms. The highest BCUT2D eigenvalue weighted by atomic mass is 28.1. The van der Waals surface area contributed by atoms with Gasteiger partial charge in [0.2, 0.25) is 0 Å². The fourth-order valence-electron chi connectivity index (χ4n) is 2.00. The highest BCUT2D eigenvalue weighted by Gasteiger charge is 2.00. The van der Waals surface area contributed by atoms with Gasteiger partial charge in [0.05, 0.1) is 0 Å². The van der Waals surface area contributed by atoms with E-state index in [1.165, 1.54) is 21.5 Å². The summed E-state index contributed by atoms with van der Waals surface area (Å²) < 4.78 is 0. The Bertz CT molecular complexity index is 632.